The largest absolute Gasteiger partial charge is 0.467 e. The highest BCUT2D eigenvalue weighted by Gasteiger charge is 2.38. The number of aromatic nitrogens is 2. The Morgan fingerprint density at radius 2 is 1.86 bits per heavy atom. The number of nitrogen functional groups attached to an aromatic ring is 1. The maximum Gasteiger partial charge on any atom is 0.417 e. The van der Waals surface area contributed by atoms with E-state index < -0.39 is 40.6 Å². The molecule has 2 aromatic heterocycles. The summed E-state index contributed by atoms with van der Waals surface area (Å²) in [6.07, 6.45) is 5.22. The van der Waals surface area contributed by atoms with Gasteiger partial charge in [-0.15, -0.1) is 11.3 Å². The van der Waals surface area contributed by atoms with Crippen molar-refractivity contribution in [2.45, 2.75) is 95.7 Å². The smallest absolute Gasteiger partial charge is 0.417 e. The molecule has 2 aromatic carbocycles. The summed E-state index contributed by atoms with van der Waals surface area (Å²) in [4.78, 5) is 24.4. The molecule has 3 aliphatic heterocycles. The topological polar surface area (TPSA) is 124 Å². The Kier molecular flexibility index (Phi) is 14.5. The second-order valence-electron chi connectivity index (χ2n) is 14.8. The van der Waals surface area contributed by atoms with E-state index >= 15 is 4.39 Å². The van der Waals surface area contributed by atoms with Crippen molar-refractivity contribution in [2.75, 3.05) is 58.4 Å². The van der Waals surface area contributed by atoms with Crippen LogP contribution in [-0.4, -0.2) is 103 Å². The van der Waals surface area contributed by atoms with Crippen molar-refractivity contribution in [3.63, 3.8) is 0 Å². The number of amides is 1. The van der Waals surface area contributed by atoms with Gasteiger partial charge in [-0.05, 0) is 103 Å². The second kappa shape index (κ2) is 18.9. The number of anilines is 2. The normalized spacial score (nSPS) is 20.6. The predicted molar refractivity (Wildman–Crippen MR) is 212 cm³/mol. The summed E-state index contributed by atoms with van der Waals surface area (Å²) in [5.41, 5.74) is 2.59. The Morgan fingerprint density at radius 1 is 1.14 bits per heavy atom. The molecule has 0 spiro atoms. The monoisotopic (exact) mass is 820 g/mol. The third kappa shape index (κ3) is 9.84. The van der Waals surface area contributed by atoms with Gasteiger partial charge in [-0.2, -0.15) is 28.4 Å². The van der Waals surface area contributed by atoms with Crippen LogP contribution in [0.3, 0.4) is 0 Å². The Labute approximate surface area is 333 Å². The maximum absolute atomic E-state index is 15.9. The van der Waals surface area contributed by atoms with Crippen LogP contribution in [0.15, 0.2) is 18.2 Å². The van der Waals surface area contributed by atoms with Gasteiger partial charge in [0.1, 0.15) is 34.4 Å². The van der Waals surface area contributed by atoms with Crippen LogP contribution >= 0.6 is 11.3 Å². The Hall–Kier alpha value is -4.40. The van der Waals surface area contributed by atoms with Gasteiger partial charge in [0.25, 0.3) is 0 Å². The van der Waals surface area contributed by atoms with Gasteiger partial charge in [0.05, 0.1) is 22.9 Å². The molecular weight excluding hydrogens is 771 g/mol. The quantitative estimate of drug-likeness (QED) is 0.145. The number of fused-ring (bicyclic) bond motifs is 3. The highest BCUT2D eigenvalue weighted by atomic mass is 32.1. The fourth-order valence-electron chi connectivity index (χ4n) is 7.58. The lowest BCUT2D eigenvalue weighted by atomic mass is 9.92. The molecule has 1 aliphatic carbocycles. The van der Waals surface area contributed by atoms with Crippen molar-refractivity contribution in [1.29, 1.82) is 5.26 Å². The van der Waals surface area contributed by atoms with Gasteiger partial charge in [-0.25, -0.2) is 13.2 Å². The molecule has 4 aliphatic rings. The highest BCUT2D eigenvalue weighted by Crippen LogP contribution is 2.47. The third-order valence-electron chi connectivity index (χ3n) is 11.1. The second-order valence-corrected chi connectivity index (χ2v) is 15.9. The number of rotatable bonds is 6. The van der Waals surface area contributed by atoms with E-state index in [1.54, 1.807) is 17.9 Å². The number of carbonyl (C=O) groups is 1. The molecule has 1 amide bonds. The zero-order valence-electron chi connectivity index (χ0n) is 32.9. The summed E-state index contributed by atoms with van der Waals surface area (Å²) < 4.78 is 90.2. The van der Waals surface area contributed by atoms with Crippen LogP contribution < -0.4 is 15.8 Å². The van der Waals surface area contributed by atoms with E-state index in [2.05, 4.69) is 39.1 Å². The van der Waals surface area contributed by atoms with Crippen molar-refractivity contribution in [1.82, 2.24) is 24.7 Å². The number of nitriles is 1. The molecule has 5 heterocycles. The molecule has 17 heteroatoms. The first-order valence-electron chi connectivity index (χ1n) is 19.2. The fraction of sp³-hybridized carbons (Fsp3) is 0.550. The first-order chi connectivity index (χ1) is 27.1. The van der Waals surface area contributed by atoms with Crippen molar-refractivity contribution in [2.24, 2.45) is 0 Å². The molecule has 310 valence electrons. The summed E-state index contributed by atoms with van der Waals surface area (Å²) >= 11 is 0.698. The number of hydrogen-bond acceptors (Lipinski definition) is 10. The van der Waals surface area contributed by atoms with Gasteiger partial charge in [0.15, 0.2) is 5.82 Å². The van der Waals surface area contributed by atoms with Gasteiger partial charge in [-0.1, -0.05) is 6.07 Å². The zero-order valence-corrected chi connectivity index (χ0v) is 33.7. The van der Waals surface area contributed by atoms with Gasteiger partial charge >= 0.3 is 12.2 Å². The van der Waals surface area contributed by atoms with E-state index in [1.807, 2.05) is 7.05 Å². The van der Waals surface area contributed by atoms with E-state index in [0.717, 1.165) is 43.6 Å². The van der Waals surface area contributed by atoms with E-state index in [9.17, 15) is 32.0 Å². The Balaban J connectivity index is 0.000000205. The Bertz CT molecular complexity index is 2050. The molecular formula is C40H50F6N8O2S. The molecule has 3 unspecified atom stereocenters. The number of benzene rings is 2. The zero-order chi connectivity index (χ0) is 41.6. The lowest BCUT2D eigenvalue weighted by molar-refractivity contribution is -0.137. The van der Waals surface area contributed by atoms with E-state index in [-0.39, 0.29) is 50.0 Å². The van der Waals surface area contributed by atoms with E-state index in [4.69, 9.17) is 10.5 Å². The van der Waals surface area contributed by atoms with Gasteiger partial charge in [-0.3, -0.25) is 9.69 Å². The minimum Gasteiger partial charge on any atom is -0.467 e. The first kappa shape index (κ1) is 43.7. The SMILES string of the molecule is CC1CCCN1C.CCNc1nc(OC)nc2c(F)c(-c3ccc(F)c4sc(N)c(C#N)c34)c(C(F)(F)F)cc12.CN(C=O)C1CCC1.FC1CC2CCCN2C1. The van der Waals surface area contributed by atoms with Gasteiger partial charge in [0.2, 0.25) is 6.41 Å². The van der Waals surface area contributed by atoms with Crippen LogP contribution in [0.2, 0.25) is 0 Å². The molecule has 3 saturated heterocycles. The number of ether oxygens (including phenoxy) is 1. The van der Waals surface area contributed by atoms with Crippen LogP contribution in [0.5, 0.6) is 6.01 Å². The molecule has 3 N–H and O–H groups in total. The van der Waals surface area contributed by atoms with Crippen LogP contribution in [0.1, 0.15) is 76.3 Å². The molecule has 1 saturated carbocycles. The van der Waals surface area contributed by atoms with Crippen molar-refractivity contribution >= 4 is 49.6 Å². The summed E-state index contributed by atoms with van der Waals surface area (Å²) in [5, 5.41) is 11.8. The molecule has 4 fully saturated rings. The van der Waals surface area contributed by atoms with Crippen LogP contribution in [0.25, 0.3) is 32.1 Å². The number of nitrogens with two attached hydrogens (primary N) is 1. The molecule has 0 radical (unpaired) electrons. The summed E-state index contributed by atoms with van der Waals surface area (Å²) in [6.45, 7) is 7.43. The molecule has 57 heavy (non-hydrogen) atoms. The minimum atomic E-state index is -5.00. The lowest BCUT2D eigenvalue weighted by Crippen LogP contribution is -2.35. The minimum absolute atomic E-state index is 0.0444. The number of hydrogen-bond donors (Lipinski definition) is 2. The maximum atomic E-state index is 15.9. The molecule has 4 aromatic rings. The van der Waals surface area contributed by atoms with Crippen molar-refractivity contribution in [3.05, 3.63) is 41.0 Å². The highest BCUT2D eigenvalue weighted by molar-refractivity contribution is 7.23. The summed E-state index contributed by atoms with van der Waals surface area (Å²) in [5.74, 6) is -2.15. The number of halogens is 6. The molecule has 10 nitrogen and oxygen atoms in total. The number of likely N-dealkylation sites (tertiary alicyclic amines) is 1. The summed E-state index contributed by atoms with van der Waals surface area (Å²) in [6, 6.07) is 6.16. The Morgan fingerprint density at radius 3 is 2.37 bits per heavy atom. The first-order valence-corrected chi connectivity index (χ1v) is 20.0. The number of alkyl halides is 4. The standard InChI is InChI=1S/C21H14F5N5OS.C7H12FN.C6H11NO.C6H13N/c1-3-29-19-9-6-11(21(24,25)26)14(15(23)16(9)30-20(31-19)32-2)8-4-5-12(22)17-13(8)10(7-27)18(28)33-17;8-6-4-7-2-1-3-9(7)5-6;1-7(5-8)6-3-2-4-6;1-6-4-3-5-7(6)2/h4-6H,3,28H2,1-2H3,(H,29,30,31);6-7H,1-5H2;5-6H,2-4H2,1H3;6H,3-5H2,1-2H3. The number of methoxy groups -OCH3 is 1. The van der Waals surface area contributed by atoms with Crippen LogP contribution in [0.4, 0.5) is 37.2 Å². The van der Waals surface area contributed by atoms with Crippen molar-refractivity contribution in [3.8, 4) is 23.2 Å². The lowest BCUT2D eigenvalue weighted by Gasteiger charge is -2.31. The number of carbonyl (C=O) groups excluding carboxylic acids is 1. The van der Waals surface area contributed by atoms with Gasteiger partial charge in [0, 0.05) is 54.6 Å². The third-order valence-corrected chi connectivity index (χ3v) is 12.1. The fourth-order valence-corrected chi connectivity index (χ4v) is 8.53. The summed E-state index contributed by atoms with van der Waals surface area (Å²) in [7, 11) is 5.27. The molecule has 8 rings (SSSR count). The number of nitrogens with zero attached hydrogens (tertiary/aromatic N) is 6. The average molecular weight is 821 g/mol. The van der Waals surface area contributed by atoms with Crippen molar-refractivity contribution < 1.29 is 35.9 Å². The number of thiophene rings is 1. The van der Waals surface area contributed by atoms with Crippen LogP contribution in [-0.2, 0) is 11.0 Å². The van der Waals surface area contributed by atoms with Gasteiger partial charge < -0.3 is 25.6 Å². The predicted octanol–water partition coefficient (Wildman–Crippen LogP) is 8.62. The number of nitrogens with one attached hydrogen (secondary N) is 1. The van der Waals surface area contributed by atoms with E-state index in [1.165, 1.54) is 58.6 Å². The van der Waals surface area contributed by atoms with Crippen LogP contribution in [0, 0.1) is 23.0 Å². The van der Waals surface area contributed by atoms with E-state index in [0.29, 0.717) is 30.0 Å². The molecule has 0 bridgehead atoms. The molecule has 3 atom stereocenters. The average Bonchev–Trinajstić information content (AvgIpc) is 3.92.